The number of carbonyl (C=O) groups excluding carboxylic acids is 1. The first-order valence-electron chi connectivity index (χ1n) is 8.77. The summed E-state index contributed by atoms with van der Waals surface area (Å²) >= 11 is 1.39. The van der Waals surface area contributed by atoms with E-state index in [2.05, 4.69) is 15.4 Å². The van der Waals surface area contributed by atoms with Crippen LogP contribution in [0.15, 0.2) is 48.0 Å². The van der Waals surface area contributed by atoms with Crippen molar-refractivity contribution in [2.24, 2.45) is 0 Å². The largest absolute Gasteiger partial charge is 0.493 e. The highest BCUT2D eigenvalue weighted by atomic mass is 32.1. The maximum atomic E-state index is 12.6. The molecule has 0 aliphatic heterocycles. The van der Waals surface area contributed by atoms with Crippen molar-refractivity contribution in [3.63, 3.8) is 0 Å². The molecule has 3 N–H and O–H groups in total. The van der Waals surface area contributed by atoms with Crippen LogP contribution in [0.3, 0.4) is 0 Å². The van der Waals surface area contributed by atoms with E-state index in [1.165, 1.54) is 11.3 Å². The van der Waals surface area contributed by atoms with Crippen molar-refractivity contribution in [1.29, 1.82) is 0 Å². The van der Waals surface area contributed by atoms with E-state index in [1.54, 1.807) is 18.7 Å². The first kappa shape index (κ1) is 18.8. The number of nitrogens with two attached hydrogens (primary N) is 1. The minimum absolute atomic E-state index is 0.137. The predicted octanol–water partition coefficient (Wildman–Crippen LogP) is 2.99. The van der Waals surface area contributed by atoms with Crippen LogP contribution in [-0.2, 0) is 6.54 Å². The van der Waals surface area contributed by atoms with Crippen molar-refractivity contribution in [3.8, 4) is 22.6 Å². The normalized spacial score (nSPS) is 10.8. The lowest BCUT2D eigenvalue weighted by atomic mass is 10.1. The number of anilines is 1. The lowest BCUT2D eigenvalue weighted by molar-refractivity contribution is 0.0955. The van der Waals surface area contributed by atoms with Gasteiger partial charge in [-0.15, -0.1) is 16.4 Å². The molecule has 0 aliphatic carbocycles. The molecule has 1 aromatic carbocycles. The van der Waals surface area contributed by atoms with E-state index in [4.69, 9.17) is 15.2 Å². The predicted molar refractivity (Wildman–Crippen MR) is 111 cm³/mol. The number of amides is 1. The molecule has 3 heterocycles. The zero-order valence-corrected chi connectivity index (χ0v) is 16.7. The van der Waals surface area contributed by atoms with Crippen molar-refractivity contribution >= 4 is 28.8 Å². The number of benzene rings is 1. The lowest BCUT2D eigenvalue weighted by Crippen LogP contribution is -2.21. The number of nitrogens with one attached hydrogen (secondary N) is 1. The molecule has 0 bridgehead atoms. The van der Waals surface area contributed by atoms with Gasteiger partial charge in [0.2, 0.25) is 5.95 Å². The Labute approximate surface area is 170 Å². The number of pyridine rings is 1. The number of hydrogen-bond acceptors (Lipinski definition) is 7. The van der Waals surface area contributed by atoms with Gasteiger partial charge in [-0.05, 0) is 46.8 Å². The van der Waals surface area contributed by atoms with E-state index in [9.17, 15) is 4.79 Å². The molecule has 1 amide bonds. The smallest absolute Gasteiger partial charge is 0.261 e. The number of rotatable bonds is 6. The summed E-state index contributed by atoms with van der Waals surface area (Å²) < 4.78 is 12.2. The van der Waals surface area contributed by atoms with Gasteiger partial charge in [0.25, 0.3) is 5.91 Å². The number of carbonyl (C=O) groups is 1. The third kappa shape index (κ3) is 3.85. The zero-order chi connectivity index (χ0) is 20.4. The second-order valence-corrected chi connectivity index (χ2v) is 7.17. The maximum absolute atomic E-state index is 12.6. The van der Waals surface area contributed by atoms with Gasteiger partial charge in [-0.25, -0.2) is 4.52 Å². The highest BCUT2D eigenvalue weighted by Gasteiger charge is 2.12. The van der Waals surface area contributed by atoms with Crippen LogP contribution in [0.4, 0.5) is 5.95 Å². The Bertz CT molecular complexity index is 1180. The fourth-order valence-corrected chi connectivity index (χ4v) is 3.77. The number of fused-ring (bicyclic) bond motifs is 1. The summed E-state index contributed by atoms with van der Waals surface area (Å²) in [4.78, 5) is 17.3. The maximum Gasteiger partial charge on any atom is 0.261 e. The number of ether oxygens (including phenoxy) is 2. The monoisotopic (exact) mass is 409 g/mol. The summed E-state index contributed by atoms with van der Waals surface area (Å²) in [5.41, 5.74) is 9.08. The standard InChI is InChI=1S/C20H19N5O3S/c1-27-15-5-3-12(7-16(15)28-2)9-22-19(26)17-8-14(11-29-17)13-4-6-18-23-20(21)24-25(18)10-13/h3-8,10-11H,9H2,1-2H3,(H2,21,24)(H,22,26). The molecule has 3 aromatic heterocycles. The van der Waals surface area contributed by atoms with Crippen LogP contribution in [0.1, 0.15) is 15.2 Å². The van der Waals surface area contributed by atoms with E-state index in [0.717, 1.165) is 16.7 Å². The Balaban J connectivity index is 1.46. The summed E-state index contributed by atoms with van der Waals surface area (Å²) in [5, 5.41) is 8.99. The Morgan fingerprint density at radius 2 is 1.97 bits per heavy atom. The van der Waals surface area contributed by atoms with Crippen LogP contribution >= 0.6 is 11.3 Å². The molecule has 148 valence electrons. The van der Waals surface area contributed by atoms with Gasteiger partial charge in [-0.3, -0.25) is 4.79 Å². The minimum atomic E-state index is -0.137. The molecule has 29 heavy (non-hydrogen) atoms. The average Bonchev–Trinajstić information content (AvgIpc) is 3.37. The van der Waals surface area contributed by atoms with Crippen LogP contribution in [0.25, 0.3) is 16.8 Å². The Hall–Kier alpha value is -3.59. The summed E-state index contributed by atoms with van der Waals surface area (Å²) in [6.45, 7) is 0.386. The topological polar surface area (TPSA) is 104 Å². The van der Waals surface area contributed by atoms with Crippen LogP contribution in [0.2, 0.25) is 0 Å². The van der Waals surface area contributed by atoms with Crippen LogP contribution < -0.4 is 20.5 Å². The van der Waals surface area contributed by atoms with Gasteiger partial charge in [-0.2, -0.15) is 4.98 Å². The fourth-order valence-electron chi connectivity index (χ4n) is 2.94. The molecule has 0 atom stereocenters. The third-order valence-electron chi connectivity index (χ3n) is 4.40. The van der Waals surface area contributed by atoms with Gasteiger partial charge >= 0.3 is 0 Å². The van der Waals surface area contributed by atoms with E-state index in [0.29, 0.717) is 28.6 Å². The van der Waals surface area contributed by atoms with Crippen LogP contribution in [-0.4, -0.2) is 34.7 Å². The molecular weight excluding hydrogens is 390 g/mol. The molecule has 0 unspecified atom stereocenters. The highest BCUT2D eigenvalue weighted by molar-refractivity contribution is 7.12. The molecule has 0 saturated heterocycles. The summed E-state index contributed by atoms with van der Waals surface area (Å²) in [5.74, 6) is 1.36. The average molecular weight is 409 g/mol. The number of thiophene rings is 1. The van der Waals surface area contributed by atoms with Gasteiger partial charge in [0.05, 0.1) is 19.1 Å². The first-order chi connectivity index (χ1) is 14.1. The molecule has 4 rings (SSSR count). The quantitative estimate of drug-likeness (QED) is 0.507. The number of aromatic nitrogens is 3. The molecule has 4 aromatic rings. The fraction of sp³-hybridized carbons (Fsp3) is 0.150. The first-order valence-corrected chi connectivity index (χ1v) is 9.65. The molecule has 0 aliphatic rings. The molecule has 0 fully saturated rings. The zero-order valence-electron chi connectivity index (χ0n) is 15.9. The molecule has 0 radical (unpaired) electrons. The van der Waals surface area contributed by atoms with Crippen molar-refractivity contribution in [2.45, 2.75) is 6.54 Å². The van der Waals surface area contributed by atoms with Gasteiger partial charge < -0.3 is 20.5 Å². The lowest BCUT2D eigenvalue weighted by Gasteiger charge is -2.10. The van der Waals surface area contributed by atoms with Gasteiger partial charge in [0, 0.05) is 18.3 Å². The molecule has 8 nitrogen and oxygen atoms in total. The number of nitrogen functional groups attached to an aromatic ring is 1. The summed E-state index contributed by atoms with van der Waals surface area (Å²) in [7, 11) is 3.17. The minimum Gasteiger partial charge on any atom is -0.493 e. The van der Waals surface area contributed by atoms with Gasteiger partial charge in [0.1, 0.15) is 0 Å². The second-order valence-electron chi connectivity index (χ2n) is 6.26. The van der Waals surface area contributed by atoms with E-state index in [1.807, 2.05) is 48.0 Å². The van der Waals surface area contributed by atoms with E-state index >= 15 is 0 Å². The summed E-state index contributed by atoms with van der Waals surface area (Å²) in [6.07, 6.45) is 1.84. The SMILES string of the molecule is COc1ccc(CNC(=O)c2cc(-c3ccc4nc(N)nn4c3)cs2)cc1OC. The molecular formula is C20H19N5O3S. The summed E-state index contributed by atoms with van der Waals surface area (Å²) in [6, 6.07) is 11.2. The van der Waals surface area contributed by atoms with Crippen molar-refractivity contribution in [3.05, 3.63) is 58.4 Å². The molecule has 0 spiro atoms. The van der Waals surface area contributed by atoms with E-state index in [-0.39, 0.29) is 11.9 Å². The molecule has 0 saturated carbocycles. The number of hydrogen-bond donors (Lipinski definition) is 2. The Morgan fingerprint density at radius 3 is 2.76 bits per heavy atom. The van der Waals surface area contributed by atoms with Gasteiger partial charge in [-0.1, -0.05) is 6.07 Å². The van der Waals surface area contributed by atoms with Crippen molar-refractivity contribution in [1.82, 2.24) is 19.9 Å². The van der Waals surface area contributed by atoms with Gasteiger partial charge in [0.15, 0.2) is 17.1 Å². The second kappa shape index (κ2) is 7.80. The van der Waals surface area contributed by atoms with Crippen molar-refractivity contribution in [2.75, 3.05) is 20.0 Å². The number of methoxy groups -OCH3 is 2. The third-order valence-corrected chi connectivity index (χ3v) is 5.33. The highest BCUT2D eigenvalue weighted by Crippen LogP contribution is 2.28. The Kier molecular flexibility index (Phi) is 5.05. The van der Waals surface area contributed by atoms with Crippen LogP contribution in [0.5, 0.6) is 11.5 Å². The van der Waals surface area contributed by atoms with Crippen LogP contribution in [0, 0.1) is 0 Å². The Morgan fingerprint density at radius 1 is 1.14 bits per heavy atom. The van der Waals surface area contributed by atoms with Crippen molar-refractivity contribution < 1.29 is 14.3 Å². The molecule has 9 heteroatoms. The number of nitrogens with zero attached hydrogens (tertiary/aromatic N) is 3. The van der Waals surface area contributed by atoms with E-state index < -0.39 is 0 Å².